The topological polar surface area (TPSA) is 130 Å². The Labute approximate surface area is 163 Å². The molecule has 0 fully saturated rings. The molecule has 0 bridgehead atoms. The van der Waals surface area contributed by atoms with E-state index in [0.717, 1.165) is 36.7 Å². The number of alkyl halides is 6. The summed E-state index contributed by atoms with van der Waals surface area (Å²) in [5, 5.41) is 0. The van der Waals surface area contributed by atoms with Gasteiger partial charge in [0, 0.05) is 12.4 Å². The van der Waals surface area contributed by atoms with Crippen molar-refractivity contribution in [2.45, 2.75) is 23.8 Å². The lowest BCUT2D eigenvalue weighted by molar-refractivity contribution is -0.287. The van der Waals surface area contributed by atoms with Crippen LogP contribution >= 0.6 is 0 Å². The number of pyridine rings is 2. The first-order valence-electron chi connectivity index (χ1n) is 7.73. The van der Waals surface area contributed by atoms with E-state index in [2.05, 4.69) is 19.4 Å². The molecule has 0 radical (unpaired) electrons. The van der Waals surface area contributed by atoms with Gasteiger partial charge in [-0.15, -0.1) is 0 Å². The number of nitrogens with zero attached hydrogens (tertiary/aromatic N) is 2. The summed E-state index contributed by atoms with van der Waals surface area (Å²) in [7, 11) is 0. The van der Waals surface area contributed by atoms with Crippen molar-refractivity contribution in [3.63, 3.8) is 0 Å². The van der Waals surface area contributed by atoms with Gasteiger partial charge in [-0.05, 0) is 24.3 Å². The van der Waals surface area contributed by atoms with Crippen LogP contribution in [-0.4, -0.2) is 34.3 Å². The number of carbonyl (C=O) groups excluding carboxylic acids is 2. The highest BCUT2D eigenvalue weighted by atomic mass is 19.4. The van der Waals surface area contributed by atoms with Gasteiger partial charge in [0.25, 0.3) is 0 Å². The highest BCUT2D eigenvalue weighted by Crippen LogP contribution is 2.39. The molecule has 0 saturated carbocycles. The number of carbonyl (C=O) groups is 2. The number of ether oxygens (including phenoxy) is 2. The first kappa shape index (κ1) is 23.0. The average molecular weight is 438 g/mol. The second-order valence-electron chi connectivity index (χ2n) is 5.68. The molecule has 2 aromatic rings. The largest absolute Gasteiger partial charge is 0.449 e. The van der Waals surface area contributed by atoms with Crippen LogP contribution in [0.3, 0.4) is 0 Å². The lowest BCUT2D eigenvalue weighted by Gasteiger charge is -2.32. The van der Waals surface area contributed by atoms with E-state index >= 15 is 0 Å². The molecular formula is C16H12F6N4O4. The Kier molecular flexibility index (Phi) is 6.04. The number of halogens is 6. The zero-order valence-electron chi connectivity index (χ0n) is 14.6. The molecule has 0 aliphatic rings. The summed E-state index contributed by atoms with van der Waals surface area (Å²) in [4.78, 5) is 30.3. The van der Waals surface area contributed by atoms with E-state index in [1.165, 1.54) is 12.1 Å². The van der Waals surface area contributed by atoms with Crippen molar-refractivity contribution >= 4 is 11.9 Å². The van der Waals surface area contributed by atoms with E-state index in [-0.39, 0.29) is 0 Å². The van der Waals surface area contributed by atoms with Gasteiger partial charge in [0.05, 0.1) is 0 Å². The summed E-state index contributed by atoms with van der Waals surface area (Å²) < 4.78 is 88.3. The van der Waals surface area contributed by atoms with Crippen molar-refractivity contribution in [2.24, 2.45) is 11.5 Å². The van der Waals surface area contributed by atoms with Crippen LogP contribution in [0.15, 0.2) is 48.8 Å². The van der Waals surface area contributed by atoms with Crippen LogP contribution in [0.5, 0.6) is 0 Å². The molecule has 0 aliphatic carbocycles. The second-order valence-corrected chi connectivity index (χ2v) is 5.68. The van der Waals surface area contributed by atoms with Crippen molar-refractivity contribution in [1.82, 2.24) is 9.97 Å². The first-order valence-corrected chi connectivity index (χ1v) is 7.73. The fourth-order valence-electron chi connectivity index (χ4n) is 2.05. The minimum Gasteiger partial charge on any atom is -0.420 e. The summed E-state index contributed by atoms with van der Waals surface area (Å²) >= 11 is 0. The third kappa shape index (κ3) is 4.33. The van der Waals surface area contributed by atoms with E-state index < -0.39 is 47.1 Å². The quantitative estimate of drug-likeness (QED) is 0.319. The van der Waals surface area contributed by atoms with Gasteiger partial charge >= 0.3 is 35.7 Å². The lowest BCUT2D eigenvalue weighted by Crippen LogP contribution is -2.57. The van der Waals surface area contributed by atoms with Gasteiger partial charge in [-0.2, -0.15) is 26.3 Å². The predicted molar refractivity (Wildman–Crippen MR) is 84.5 cm³/mol. The van der Waals surface area contributed by atoms with Gasteiger partial charge in [0.1, 0.15) is 11.4 Å². The van der Waals surface area contributed by atoms with Crippen molar-refractivity contribution in [1.29, 1.82) is 0 Å². The summed E-state index contributed by atoms with van der Waals surface area (Å²) in [5.74, 6) is -4.98. The minimum atomic E-state index is -5.50. The maximum absolute atomic E-state index is 13.4. The van der Waals surface area contributed by atoms with Crippen molar-refractivity contribution < 1.29 is 45.4 Å². The smallest absolute Gasteiger partial charge is 0.420 e. The SMILES string of the molecule is N[C@](OC(=O)C(=O)O[C@](N)(c1ccccn1)C(F)(F)F)(c1ccccn1)C(F)(F)F. The van der Waals surface area contributed by atoms with E-state index in [1.807, 2.05) is 0 Å². The summed E-state index contributed by atoms with van der Waals surface area (Å²) in [6.07, 6.45) is -9.24. The molecule has 2 heterocycles. The van der Waals surface area contributed by atoms with E-state index in [0.29, 0.717) is 0 Å². The normalized spacial score (nSPS) is 16.1. The van der Waals surface area contributed by atoms with Crippen LogP contribution < -0.4 is 11.5 Å². The molecule has 0 saturated heterocycles. The van der Waals surface area contributed by atoms with Crippen molar-refractivity contribution in [3.8, 4) is 0 Å². The molecule has 2 rings (SSSR count). The minimum absolute atomic E-state index is 0.725. The van der Waals surface area contributed by atoms with Crippen LogP contribution in [0.2, 0.25) is 0 Å². The van der Waals surface area contributed by atoms with Gasteiger partial charge in [0.15, 0.2) is 0 Å². The number of hydrogen-bond acceptors (Lipinski definition) is 8. The molecular weight excluding hydrogens is 426 g/mol. The van der Waals surface area contributed by atoms with Gasteiger partial charge in [0.2, 0.25) is 0 Å². The molecule has 0 aromatic carbocycles. The molecule has 2 aromatic heterocycles. The second kappa shape index (κ2) is 7.87. The Morgan fingerprint density at radius 1 is 0.700 bits per heavy atom. The van der Waals surface area contributed by atoms with E-state index in [4.69, 9.17) is 11.5 Å². The monoisotopic (exact) mass is 438 g/mol. The van der Waals surface area contributed by atoms with E-state index in [9.17, 15) is 35.9 Å². The number of hydrogen-bond donors (Lipinski definition) is 2. The number of aromatic nitrogens is 2. The molecule has 0 unspecified atom stereocenters. The molecule has 0 spiro atoms. The van der Waals surface area contributed by atoms with Crippen LogP contribution in [0.25, 0.3) is 0 Å². The summed E-state index contributed by atoms with van der Waals surface area (Å²) in [6, 6.07) is 6.02. The summed E-state index contributed by atoms with van der Waals surface area (Å²) in [6.45, 7) is 0. The third-order valence-electron chi connectivity index (χ3n) is 3.61. The van der Waals surface area contributed by atoms with Crippen LogP contribution in [0.4, 0.5) is 26.3 Å². The lowest BCUT2D eigenvalue weighted by atomic mass is 10.1. The Morgan fingerprint density at radius 3 is 1.27 bits per heavy atom. The zero-order valence-corrected chi connectivity index (χ0v) is 14.6. The van der Waals surface area contributed by atoms with Gasteiger partial charge < -0.3 is 9.47 Å². The molecule has 2 atom stereocenters. The van der Waals surface area contributed by atoms with Gasteiger partial charge in [-0.3, -0.25) is 21.4 Å². The zero-order chi connectivity index (χ0) is 22.8. The number of rotatable bonds is 4. The summed E-state index contributed by atoms with van der Waals surface area (Å²) in [5.41, 5.74) is 0.190. The van der Waals surface area contributed by atoms with E-state index in [1.54, 1.807) is 0 Å². The molecule has 30 heavy (non-hydrogen) atoms. The Morgan fingerprint density at radius 2 is 1.03 bits per heavy atom. The standard InChI is InChI=1S/C16H12F6N4O4/c17-15(18,19)13(23,9-5-1-3-7-25-9)29-11(27)12(28)30-14(24,16(20,21)22)10-6-2-4-8-26-10/h1-8H,23-24H2/t13-,14+. The Bertz CT molecular complexity index is 834. The highest BCUT2D eigenvalue weighted by molar-refractivity contribution is 6.29. The van der Waals surface area contributed by atoms with Crippen molar-refractivity contribution in [2.75, 3.05) is 0 Å². The molecule has 4 N–H and O–H groups in total. The maximum atomic E-state index is 13.4. The average Bonchev–Trinajstić information content (AvgIpc) is 2.67. The van der Waals surface area contributed by atoms with Crippen molar-refractivity contribution in [3.05, 3.63) is 60.2 Å². The fourth-order valence-corrected chi connectivity index (χ4v) is 2.05. The fraction of sp³-hybridized carbons (Fsp3) is 0.250. The Balaban J connectivity index is 2.35. The highest BCUT2D eigenvalue weighted by Gasteiger charge is 2.61. The molecule has 14 heteroatoms. The van der Waals surface area contributed by atoms with Crippen LogP contribution in [-0.2, 0) is 30.5 Å². The molecule has 0 aliphatic heterocycles. The number of esters is 2. The van der Waals surface area contributed by atoms with Crippen LogP contribution in [0.1, 0.15) is 11.4 Å². The predicted octanol–water partition coefficient (Wildman–Crippen LogP) is 1.61. The Hall–Kier alpha value is -3.26. The van der Waals surface area contributed by atoms with Crippen LogP contribution in [0, 0.1) is 0 Å². The maximum Gasteiger partial charge on any atom is 0.449 e. The third-order valence-corrected chi connectivity index (χ3v) is 3.61. The molecule has 8 nitrogen and oxygen atoms in total. The first-order chi connectivity index (χ1) is 13.7. The number of nitrogens with two attached hydrogens (primary N) is 2. The van der Waals surface area contributed by atoms with Gasteiger partial charge in [-0.25, -0.2) is 9.59 Å². The molecule has 0 amide bonds. The van der Waals surface area contributed by atoms with Gasteiger partial charge in [-0.1, -0.05) is 12.1 Å². The molecule has 162 valence electrons.